The number of rotatable bonds is 2. The summed E-state index contributed by atoms with van der Waals surface area (Å²) in [6.45, 7) is 14.1. The molecule has 0 unspecified atom stereocenters. The summed E-state index contributed by atoms with van der Waals surface area (Å²) in [5.41, 5.74) is -0.131. The molecule has 2 aromatic carbocycles. The lowest BCUT2D eigenvalue weighted by molar-refractivity contribution is -0.160. The second kappa shape index (κ2) is 15.8. The molecule has 0 aromatic heterocycles. The molecular formula is C42H54N4O11. The standard InChI is InChI=1S/C42H54N4O11/c1-19-11-10-12-20(2)40(53)44-32-31-30(45-42(46-31)14-16-43-17-15-42)27-28(36(32)51)35(50)24(6)38-29(27)39(52)41(8,57-38)55-18-13-26(54-9)21(3)37(56-25(7)47)23(5)34(49)22(4)33(19)48/h10-13,18-19,21-23,26,33-34,37,43,45,48-51H,14-17H2,1-9H3/b11-10+,18-13+,20-12-,44-32?/t19-,21+,22+,23+,26-,33-,34+,37+,41-/m0/s1. The van der Waals surface area contributed by atoms with Crippen molar-refractivity contribution in [1.82, 2.24) is 5.32 Å². The molecule has 4 aliphatic heterocycles. The maximum absolute atomic E-state index is 14.6. The highest BCUT2D eigenvalue weighted by Crippen LogP contribution is 2.51. The van der Waals surface area contributed by atoms with Gasteiger partial charge in [-0.3, -0.25) is 19.4 Å². The average Bonchev–Trinajstić information content (AvgIpc) is 3.67. The minimum Gasteiger partial charge on any atom is -0.507 e. The number of aromatic hydroxyl groups is 2. The van der Waals surface area contributed by atoms with Crippen LogP contribution in [0.25, 0.3) is 10.8 Å². The van der Waals surface area contributed by atoms with Crippen molar-refractivity contribution >= 4 is 34.1 Å². The van der Waals surface area contributed by atoms with Crippen LogP contribution in [0.3, 0.4) is 0 Å². The number of hydrogen-bond acceptors (Lipinski definition) is 14. The minimum absolute atomic E-state index is 0.0461. The zero-order valence-corrected chi connectivity index (χ0v) is 33.9. The number of aliphatic hydroxyl groups excluding tert-OH is 2. The first-order valence-electron chi connectivity index (χ1n) is 19.4. The fourth-order valence-corrected chi connectivity index (χ4v) is 8.46. The van der Waals surface area contributed by atoms with Crippen LogP contribution in [-0.4, -0.2) is 94.2 Å². The van der Waals surface area contributed by atoms with E-state index in [9.17, 15) is 34.8 Å². The highest BCUT2D eigenvalue weighted by atomic mass is 16.7. The molecule has 6 rings (SSSR count). The van der Waals surface area contributed by atoms with Crippen LogP contribution in [0.5, 0.6) is 17.2 Å². The molecular weight excluding hydrogens is 736 g/mol. The normalized spacial score (nSPS) is 33.6. The van der Waals surface area contributed by atoms with Crippen molar-refractivity contribution < 1.29 is 53.8 Å². The van der Waals surface area contributed by atoms with Crippen molar-refractivity contribution in [3.63, 3.8) is 0 Å². The fraction of sp³-hybridized carbons (Fsp3) is 0.548. The number of carbonyl (C=O) groups is 3. The maximum atomic E-state index is 14.6. The van der Waals surface area contributed by atoms with E-state index < -0.39 is 82.9 Å². The number of allylic oxidation sites excluding steroid dienone is 2. The van der Waals surface area contributed by atoms with E-state index in [1.54, 1.807) is 59.8 Å². The van der Waals surface area contributed by atoms with E-state index in [0.29, 0.717) is 31.6 Å². The first-order chi connectivity index (χ1) is 26.9. The zero-order chi connectivity index (χ0) is 41.7. The van der Waals surface area contributed by atoms with Gasteiger partial charge in [-0.15, -0.1) is 0 Å². The Morgan fingerprint density at radius 2 is 1.63 bits per heavy atom. The predicted molar refractivity (Wildman–Crippen MR) is 209 cm³/mol. The van der Waals surface area contributed by atoms with Crippen molar-refractivity contribution in [3.05, 3.63) is 58.0 Å². The first-order valence-corrected chi connectivity index (χ1v) is 19.4. The highest BCUT2D eigenvalue weighted by molar-refractivity contribution is 6.21. The van der Waals surface area contributed by atoms with Crippen LogP contribution in [0.15, 0.2) is 46.1 Å². The average molecular weight is 791 g/mol. The van der Waals surface area contributed by atoms with Gasteiger partial charge in [0.25, 0.3) is 11.7 Å². The smallest absolute Gasteiger partial charge is 0.312 e. The lowest BCUT2D eigenvalue weighted by Gasteiger charge is -2.38. The summed E-state index contributed by atoms with van der Waals surface area (Å²) in [5.74, 6) is -7.05. The molecule has 1 spiro atoms. The Morgan fingerprint density at radius 3 is 2.28 bits per heavy atom. The molecule has 0 saturated carbocycles. The third-order valence-electron chi connectivity index (χ3n) is 12.0. The Kier molecular flexibility index (Phi) is 11.6. The number of fused-ring (bicyclic) bond motifs is 1. The number of ether oxygens (including phenoxy) is 4. The molecule has 6 N–H and O–H groups in total. The summed E-state index contributed by atoms with van der Waals surface area (Å²) in [4.78, 5) is 50.0. The van der Waals surface area contributed by atoms with Gasteiger partial charge in [0.2, 0.25) is 0 Å². The quantitative estimate of drug-likeness (QED) is 0.190. The molecule has 15 nitrogen and oxygen atoms in total. The number of nitrogens with zero attached hydrogens (tertiary/aromatic N) is 2. The first kappa shape index (κ1) is 41.8. The molecule has 9 atom stereocenters. The number of Topliss-reactive ketones (excluding diaryl/α,β-unsaturated/α-hetero) is 1. The number of carbonyl (C=O) groups excluding carboxylic acids is 3. The Morgan fingerprint density at radius 1 is 0.947 bits per heavy atom. The molecule has 1 saturated heterocycles. The van der Waals surface area contributed by atoms with Crippen molar-refractivity contribution in [1.29, 1.82) is 0 Å². The van der Waals surface area contributed by atoms with E-state index in [4.69, 9.17) is 23.9 Å². The van der Waals surface area contributed by atoms with E-state index in [2.05, 4.69) is 15.6 Å². The number of nitrogens with one attached hydrogen (secondary N) is 2. The molecule has 308 valence electrons. The third kappa shape index (κ3) is 7.41. The predicted octanol–water partition coefficient (Wildman–Crippen LogP) is 3.38. The van der Waals surface area contributed by atoms with Crippen LogP contribution in [0.1, 0.15) is 77.2 Å². The second-order valence-electron chi connectivity index (χ2n) is 16.0. The van der Waals surface area contributed by atoms with Crippen molar-refractivity contribution in [2.24, 2.45) is 33.7 Å². The van der Waals surface area contributed by atoms with E-state index in [0.717, 1.165) is 0 Å². The lowest BCUT2D eigenvalue weighted by atomic mass is 9.78. The molecule has 4 heterocycles. The number of aliphatic hydroxyl groups is 2. The van der Waals surface area contributed by atoms with E-state index in [-0.39, 0.29) is 49.7 Å². The minimum atomic E-state index is -1.94. The number of phenols is 2. The number of amides is 1. The van der Waals surface area contributed by atoms with Gasteiger partial charge in [-0.2, -0.15) is 0 Å². The van der Waals surface area contributed by atoms with E-state index in [1.165, 1.54) is 33.3 Å². The number of anilines is 1. The number of benzene rings is 2. The van der Waals surface area contributed by atoms with Crippen LogP contribution in [0.2, 0.25) is 0 Å². The number of ketones is 1. The highest BCUT2D eigenvalue weighted by Gasteiger charge is 2.50. The van der Waals surface area contributed by atoms with Crippen LogP contribution in [-0.2, 0) is 23.8 Å². The largest absolute Gasteiger partial charge is 0.507 e. The van der Waals surface area contributed by atoms with Gasteiger partial charge in [-0.05, 0) is 33.0 Å². The van der Waals surface area contributed by atoms with Crippen LogP contribution in [0, 0.1) is 30.6 Å². The number of phenolic OH excluding ortho intramolecular Hbond substituents is 2. The fourth-order valence-electron chi connectivity index (χ4n) is 8.46. The van der Waals surface area contributed by atoms with Crippen LogP contribution < -0.4 is 26.1 Å². The molecule has 0 radical (unpaired) electrons. The van der Waals surface area contributed by atoms with E-state index in [1.807, 2.05) is 0 Å². The SMILES string of the molecule is CO[C@H]1/C=C/O[C@@]2(C)Oc3c(C)c(O)c4c(O)c(c5c(c4c3C2=O)NC2(CCNCC2)N=5)=NC(=O)/C(C)=C\C=C\[C@H](C)[C@H](O)[C@@H](C)[C@@H](O)[C@@H](C)[C@H](OC(C)=O)[C@@H]1C. The summed E-state index contributed by atoms with van der Waals surface area (Å²) in [6.07, 6.45) is 4.96. The van der Waals surface area contributed by atoms with Crippen molar-refractivity contribution in [2.75, 3.05) is 25.5 Å². The Labute approximate surface area is 331 Å². The molecule has 1 amide bonds. The summed E-state index contributed by atoms with van der Waals surface area (Å²) in [7, 11) is 1.46. The molecule has 57 heavy (non-hydrogen) atoms. The third-order valence-corrected chi connectivity index (χ3v) is 12.0. The molecule has 1 fully saturated rings. The molecule has 0 aliphatic carbocycles. The molecule has 15 heteroatoms. The summed E-state index contributed by atoms with van der Waals surface area (Å²) in [6, 6.07) is 0. The number of esters is 1. The maximum Gasteiger partial charge on any atom is 0.312 e. The van der Waals surface area contributed by atoms with Gasteiger partial charge in [-0.1, -0.05) is 45.9 Å². The summed E-state index contributed by atoms with van der Waals surface area (Å²) >= 11 is 0. The van der Waals surface area contributed by atoms with Crippen molar-refractivity contribution in [2.45, 2.75) is 104 Å². The topological polar surface area (TPSA) is 218 Å². The van der Waals surface area contributed by atoms with Gasteiger partial charge in [0.15, 0.2) is 5.75 Å². The van der Waals surface area contributed by atoms with E-state index >= 15 is 0 Å². The van der Waals surface area contributed by atoms with Gasteiger partial charge in [-0.25, -0.2) is 4.99 Å². The second-order valence-corrected chi connectivity index (χ2v) is 16.0. The monoisotopic (exact) mass is 790 g/mol. The summed E-state index contributed by atoms with van der Waals surface area (Å²) < 4.78 is 23.8. The van der Waals surface area contributed by atoms with Crippen LogP contribution >= 0.6 is 0 Å². The van der Waals surface area contributed by atoms with Gasteiger partial charge in [0.1, 0.15) is 34.0 Å². The number of piperidine rings is 1. The zero-order valence-electron chi connectivity index (χ0n) is 33.9. The van der Waals surface area contributed by atoms with Gasteiger partial charge in [0.05, 0.1) is 41.2 Å². The van der Waals surface area contributed by atoms with Crippen LogP contribution in [0.4, 0.5) is 5.69 Å². The Hall–Kier alpha value is -4.83. The molecule has 2 aromatic rings. The summed E-state index contributed by atoms with van der Waals surface area (Å²) in [5, 5.41) is 53.4. The molecule has 4 bridgehead atoms. The number of methoxy groups -OCH3 is 1. The Balaban J connectivity index is 1.57. The Bertz CT molecular complexity index is 2190. The van der Waals surface area contributed by atoms with Crippen molar-refractivity contribution in [3.8, 4) is 17.2 Å². The number of hydrogen-bond donors (Lipinski definition) is 6. The lowest BCUT2D eigenvalue weighted by Crippen LogP contribution is -2.46. The van der Waals surface area contributed by atoms with Gasteiger partial charge >= 0.3 is 11.8 Å². The molecule has 4 aliphatic rings. The van der Waals surface area contributed by atoms with Gasteiger partial charge < -0.3 is 50.0 Å². The van der Waals surface area contributed by atoms with Gasteiger partial charge in [0, 0.05) is 74.0 Å².